The van der Waals surface area contributed by atoms with E-state index in [4.69, 9.17) is 0 Å². The van der Waals surface area contributed by atoms with Crippen molar-refractivity contribution in [2.24, 2.45) is 7.05 Å². The van der Waals surface area contributed by atoms with Crippen LogP contribution in [0.1, 0.15) is 24.7 Å². The second kappa shape index (κ2) is 6.09. The third-order valence-electron chi connectivity index (χ3n) is 4.29. The highest BCUT2D eigenvalue weighted by molar-refractivity contribution is 5.93. The van der Waals surface area contributed by atoms with Crippen molar-refractivity contribution < 1.29 is 9.90 Å². The Morgan fingerprint density at radius 2 is 1.96 bits per heavy atom. The number of rotatable bonds is 4. The minimum absolute atomic E-state index is 0.0176. The van der Waals surface area contributed by atoms with Crippen molar-refractivity contribution >= 4 is 22.6 Å². The molecule has 124 valence electrons. The number of carbonyl (C=O) groups is 1. The highest BCUT2D eigenvalue weighted by Crippen LogP contribution is 2.25. The highest BCUT2D eigenvalue weighted by atomic mass is 16.3. The molecule has 0 bridgehead atoms. The number of carbonyl (C=O) groups excluding carboxylic acids is 1. The average molecular weight is 323 g/mol. The van der Waals surface area contributed by atoms with Gasteiger partial charge in [0.15, 0.2) is 0 Å². The molecule has 0 aliphatic heterocycles. The zero-order valence-electron chi connectivity index (χ0n) is 14.1. The van der Waals surface area contributed by atoms with Gasteiger partial charge in [-0.25, -0.2) is 4.98 Å². The van der Waals surface area contributed by atoms with Gasteiger partial charge in [0.1, 0.15) is 5.82 Å². The summed E-state index contributed by atoms with van der Waals surface area (Å²) in [7, 11) is 1.96. The maximum atomic E-state index is 12.3. The Labute approximate surface area is 141 Å². The Hall–Kier alpha value is -2.66. The van der Waals surface area contributed by atoms with Crippen LogP contribution in [-0.2, 0) is 17.4 Å². The molecule has 3 rings (SSSR count). The molecule has 0 radical (unpaired) electrons. The van der Waals surface area contributed by atoms with Crippen LogP contribution in [0, 0.1) is 6.92 Å². The van der Waals surface area contributed by atoms with Gasteiger partial charge in [-0.2, -0.15) is 0 Å². The first-order valence-corrected chi connectivity index (χ1v) is 7.88. The van der Waals surface area contributed by atoms with E-state index in [1.807, 2.05) is 67.1 Å². The van der Waals surface area contributed by atoms with E-state index in [9.17, 15) is 9.90 Å². The number of anilines is 1. The van der Waals surface area contributed by atoms with Crippen LogP contribution in [0.3, 0.4) is 0 Å². The van der Waals surface area contributed by atoms with Crippen molar-refractivity contribution in [2.75, 3.05) is 5.32 Å². The SMILES string of the molecule is Cc1nc2cc(NC(=O)CC(C)(O)c3ccccc3)ccc2n1C. The van der Waals surface area contributed by atoms with Gasteiger partial charge in [0.25, 0.3) is 0 Å². The summed E-state index contributed by atoms with van der Waals surface area (Å²) in [5.74, 6) is 0.677. The maximum absolute atomic E-state index is 12.3. The van der Waals surface area contributed by atoms with Gasteiger partial charge >= 0.3 is 0 Å². The van der Waals surface area contributed by atoms with Crippen molar-refractivity contribution in [3.05, 3.63) is 59.9 Å². The van der Waals surface area contributed by atoms with Gasteiger partial charge in [0, 0.05) is 12.7 Å². The van der Waals surface area contributed by atoms with E-state index in [1.54, 1.807) is 6.92 Å². The van der Waals surface area contributed by atoms with E-state index in [1.165, 1.54) is 0 Å². The quantitative estimate of drug-likeness (QED) is 0.775. The van der Waals surface area contributed by atoms with Crippen LogP contribution in [0.5, 0.6) is 0 Å². The van der Waals surface area contributed by atoms with Crippen LogP contribution >= 0.6 is 0 Å². The molecule has 0 spiro atoms. The minimum atomic E-state index is -1.21. The summed E-state index contributed by atoms with van der Waals surface area (Å²) in [6.07, 6.45) is -0.0176. The zero-order valence-corrected chi connectivity index (χ0v) is 14.1. The fourth-order valence-corrected chi connectivity index (χ4v) is 2.82. The number of nitrogens with zero attached hydrogens (tertiary/aromatic N) is 2. The second-order valence-electron chi connectivity index (χ2n) is 6.29. The zero-order chi connectivity index (χ0) is 17.3. The number of amides is 1. The van der Waals surface area contributed by atoms with Gasteiger partial charge in [0.05, 0.1) is 23.1 Å². The lowest BCUT2D eigenvalue weighted by atomic mass is 9.92. The highest BCUT2D eigenvalue weighted by Gasteiger charge is 2.26. The van der Waals surface area contributed by atoms with Crippen molar-refractivity contribution in [2.45, 2.75) is 25.9 Å². The maximum Gasteiger partial charge on any atom is 0.227 e. The van der Waals surface area contributed by atoms with E-state index < -0.39 is 5.60 Å². The molecule has 1 amide bonds. The first-order chi connectivity index (χ1) is 11.4. The first kappa shape index (κ1) is 16.2. The van der Waals surface area contributed by atoms with Crippen molar-refractivity contribution in [1.82, 2.24) is 9.55 Å². The average Bonchev–Trinajstić information content (AvgIpc) is 2.82. The van der Waals surface area contributed by atoms with Gasteiger partial charge in [-0.3, -0.25) is 4.79 Å². The summed E-state index contributed by atoms with van der Waals surface area (Å²) in [6, 6.07) is 14.8. The molecule has 0 saturated heterocycles. The van der Waals surface area contributed by atoms with Gasteiger partial charge in [-0.1, -0.05) is 30.3 Å². The summed E-state index contributed by atoms with van der Waals surface area (Å²) in [5, 5.41) is 13.4. The molecule has 1 atom stereocenters. The van der Waals surface area contributed by atoms with E-state index >= 15 is 0 Å². The van der Waals surface area contributed by atoms with Crippen LogP contribution in [-0.4, -0.2) is 20.6 Å². The number of aromatic nitrogens is 2. The number of fused-ring (bicyclic) bond motifs is 1. The van der Waals surface area contributed by atoms with Gasteiger partial charge < -0.3 is 15.0 Å². The molecule has 0 aliphatic carbocycles. The van der Waals surface area contributed by atoms with Crippen molar-refractivity contribution in [3.8, 4) is 0 Å². The molecule has 2 aromatic carbocycles. The van der Waals surface area contributed by atoms with Crippen LogP contribution < -0.4 is 5.32 Å². The number of aliphatic hydroxyl groups is 1. The van der Waals surface area contributed by atoms with Crippen LogP contribution in [0.2, 0.25) is 0 Å². The van der Waals surface area contributed by atoms with Crippen LogP contribution in [0.4, 0.5) is 5.69 Å². The molecule has 5 nitrogen and oxygen atoms in total. The number of aryl methyl sites for hydroxylation is 2. The third-order valence-corrected chi connectivity index (χ3v) is 4.29. The molecular weight excluding hydrogens is 302 g/mol. The lowest BCUT2D eigenvalue weighted by molar-refractivity contribution is -0.120. The third kappa shape index (κ3) is 3.16. The van der Waals surface area contributed by atoms with Gasteiger partial charge in [-0.15, -0.1) is 0 Å². The van der Waals surface area contributed by atoms with E-state index in [2.05, 4.69) is 10.3 Å². The van der Waals surface area contributed by atoms with Crippen molar-refractivity contribution in [1.29, 1.82) is 0 Å². The number of hydrogen-bond acceptors (Lipinski definition) is 3. The molecule has 24 heavy (non-hydrogen) atoms. The van der Waals surface area contributed by atoms with E-state index in [-0.39, 0.29) is 12.3 Å². The fourth-order valence-electron chi connectivity index (χ4n) is 2.82. The van der Waals surface area contributed by atoms with Gasteiger partial charge in [0.2, 0.25) is 5.91 Å². The lowest BCUT2D eigenvalue weighted by Crippen LogP contribution is -2.28. The van der Waals surface area contributed by atoms with Crippen LogP contribution in [0.25, 0.3) is 11.0 Å². The fraction of sp³-hybridized carbons (Fsp3) is 0.263. The Bertz CT molecular complexity index is 882. The summed E-state index contributed by atoms with van der Waals surface area (Å²) in [5.41, 5.74) is 2.03. The summed E-state index contributed by atoms with van der Waals surface area (Å²) >= 11 is 0. The molecule has 1 aromatic heterocycles. The van der Waals surface area contributed by atoms with E-state index in [0.717, 1.165) is 22.4 Å². The molecular formula is C19H21N3O2. The molecule has 0 aliphatic rings. The Morgan fingerprint density at radius 1 is 1.25 bits per heavy atom. The predicted molar refractivity (Wildman–Crippen MR) is 94.7 cm³/mol. The Kier molecular flexibility index (Phi) is 4.11. The normalized spacial score (nSPS) is 13.7. The minimum Gasteiger partial charge on any atom is -0.385 e. The number of hydrogen-bond donors (Lipinski definition) is 2. The van der Waals surface area contributed by atoms with E-state index in [0.29, 0.717) is 5.69 Å². The number of imidazole rings is 1. The summed E-state index contributed by atoms with van der Waals surface area (Å²) in [4.78, 5) is 16.8. The molecule has 2 N–H and O–H groups in total. The molecule has 1 heterocycles. The Balaban J connectivity index is 1.75. The number of benzene rings is 2. The first-order valence-electron chi connectivity index (χ1n) is 7.88. The van der Waals surface area contributed by atoms with Crippen molar-refractivity contribution in [3.63, 3.8) is 0 Å². The predicted octanol–water partition coefficient (Wildman–Crippen LogP) is 3.12. The molecule has 0 fully saturated rings. The molecule has 5 heteroatoms. The second-order valence-corrected chi connectivity index (χ2v) is 6.29. The lowest BCUT2D eigenvalue weighted by Gasteiger charge is -2.23. The van der Waals surface area contributed by atoms with Crippen LogP contribution in [0.15, 0.2) is 48.5 Å². The Morgan fingerprint density at radius 3 is 2.67 bits per heavy atom. The largest absolute Gasteiger partial charge is 0.385 e. The summed E-state index contributed by atoms with van der Waals surface area (Å²) in [6.45, 7) is 3.59. The molecule has 3 aromatic rings. The standard InChI is InChI=1S/C19H21N3O2/c1-13-20-16-11-15(9-10-17(16)22(13)3)21-18(23)12-19(2,24)14-7-5-4-6-8-14/h4-11,24H,12H2,1-3H3,(H,21,23). The topological polar surface area (TPSA) is 67.2 Å². The molecule has 1 unspecified atom stereocenters. The summed E-state index contributed by atoms with van der Waals surface area (Å²) < 4.78 is 2.00. The molecule has 0 saturated carbocycles. The monoisotopic (exact) mass is 323 g/mol. The smallest absolute Gasteiger partial charge is 0.227 e. The number of nitrogens with one attached hydrogen (secondary N) is 1. The van der Waals surface area contributed by atoms with Gasteiger partial charge in [-0.05, 0) is 37.6 Å².